The number of carboxylic acids is 1. The highest BCUT2D eigenvalue weighted by Crippen LogP contribution is 2.18. The molecular weight excluding hydrogens is 404 g/mol. The number of aliphatic carboxylic acids is 1. The lowest BCUT2D eigenvalue weighted by molar-refractivity contribution is -0.149. The van der Waals surface area contributed by atoms with Crippen molar-refractivity contribution in [3.8, 4) is 0 Å². The zero-order chi connectivity index (χ0) is 23.1. The molecule has 0 aliphatic carbocycles. The van der Waals surface area contributed by atoms with Crippen molar-refractivity contribution in [3.63, 3.8) is 0 Å². The summed E-state index contributed by atoms with van der Waals surface area (Å²) in [6.07, 6.45) is -0.0716. The molecule has 0 radical (unpaired) electrons. The van der Waals surface area contributed by atoms with Crippen LogP contribution in [-0.4, -0.2) is 75.6 Å². The van der Waals surface area contributed by atoms with Gasteiger partial charge in [0.1, 0.15) is 18.1 Å². The van der Waals surface area contributed by atoms with E-state index in [4.69, 9.17) is 5.73 Å². The molecule has 1 aliphatic rings. The molecule has 10 nitrogen and oxygen atoms in total. The molecule has 1 heterocycles. The summed E-state index contributed by atoms with van der Waals surface area (Å²) >= 11 is 0. The van der Waals surface area contributed by atoms with Gasteiger partial charge in [-0.1, -0.05) is 30.3 Å². The van der Waals surface area contributed by atoms with Crippen molar-refractivity contribution in [1.82, 2.24) is 15.5 Å². The third-order valence-electron chi connectivity index (χ3n) is 5.25. The second-order valence-corrected chi connectivity index (χ2v) is 7.78. The van der Waals surface area contributed by atoms with Crippen LogP contribution in [0.15, 0.2) is 30.3 Å². The van der Waals surface area contributed by atoms with E-state index in [2.05, 4.69) is 10.6 Å². The quantitative estimate of drug-likeness (QED) is 0.333. The van der Waals surface area contributed by atoms with Crippen molar-refractivity contribution in [2.75, 3.05) is 6.54 Å². The minimum absolute atomic E-state index is 0.251. The number of hydrogen-bond acceptors (Lipinski definition) is 6. The number of carbonyl (C=O) groups excluding carboxylic acids is 3. The molecule has 0 aromatic heterocycles. The number of nitrogens with two attached hydrogens (primary N) is 1. The van der Waals surface area contributed by atoms with E-state index in [1.807, 2.05) is 30.3 Å². The van der Waals surface area contributed by atoms with Crippen molar-refractivity contribution in [1.29, 1.82) is 0 Å². The van der Waals surface area contributed by atoms with Crippen LogP contribution in [0.2, 0.25) is 0 Å². The van der Waals surface area contributed by atoms with Gasteiger partial charge in [0, 0.05) is 6.54 Å². The molecule has 1 aromatic carbocycles. The molecule has 0 bridgehead atoms. The molecule has 0 spiro atoms. The molecule has 5 atom stereocenters. The van der Waals surface area contributed by atoms with Crippen LogP contribution in [0, 0.1) is 0 Å². The second-order valence-electron chi connectivity index (χ2n) is 7.78. The van der Waals surface area contributed by atoms with Gasteiger partial charge in [0.05, 0.1) is 12.1 Å². The summed E-state index contributed by atoms with van der Waals surface area (Å²) in [5.41, 5.74) is 6.78. The Hall–Kier alpha value is -2.98. The normalized spacial score (nSPS) is 19.7. The number of carboxylic acid groups (broad SMARTS) is 1. The van der Waals surface area contributed by atoms with Crippen LogP contribution in [0.3, 0.4) is 0 Å². The summed E-state index contributed by atoms with van der Waals surface area (Å²) in [6.45, 7) is 3.06. The molecule has 10 heteroatoms. The summed E-state index contributed by atoms with van der Waals surface area (Å²) in [6, 6.07) is 4.92. The number of carbonyl (C=O) groups is 4. The average molecular weight is 434 g/mol. The van der Waals surface area contributed by atoms with E-state index in [1.54, 1.807) is 0 Å². The summed E-state index contributed by atoms with van der Waals surface area (Å²) in [7, 11) is 0. The number of hydrogen-bond donors (Lipinski definition) is 5. The molecule has 3 amide bonds. The van der Waals surface area contributed by atoms with Gasteiger partial charge >= 0.3 is 5.97 Å². The SMILES string of the molecule is CC(NC(=O)C(NC(=O)C(N)Cc1ccccc1)C(C)O)C(=O)N1CCCC1C(=O)O. The van der Waals surface area contributed by atoms with Crippen LogP contribution < -0.4 is 16.4 Å². The molecule has 0 saturated carbocycles. The van der Waals surface area contributed by atoms with E-state index in [0.29, 0.717) is 19.4 Å². The van der Waals surface area contributed by atoms with Crippen molar-refractivity contribution in [2.24, 2.45) is 5.73 Å². The van der Waals surface area contributed by atoms with Crippen LogP contribution in [0.25, 0.3) is 0 Å². The van der Waals surface area contributed by atoms with Crippen molar-refractivity contribution in [3.05, 3.63) is 35.9 Å². The minimum Gasteiger partial charge on any atom is -0.480 e. The fourth-order valence-electron chi connectivity index (χ4n) is 3.53. The summed E-state index contributed by atoms with van der Waals surface area (Å²) in [4.78, 5) is 50.2. The van der Waals surface area contributed by atoms with Gasteiger partial charge in [0.15, 0.2) is 0 Å². The fraction of sp³-hybridized carbons (Fsp3) is 0.524. The topological polar surface area (TPSA) is 162 Å². The highest BCUT2D eigenvalue weighted by atomic mass is 16.4. The standard InChI is InChI=1S/C21H30N4O6/c1-12(20(29)25-10-6-9-16(25)21(30)31)23-19(28)17(13(2)26)24-18(27)15(22)11-14-7-4-3-5-8-14/h3-5,7-8,12-13,15-17,26H,6,9-11,22H2,1-2H3,(H,23,28)(H,24,27)(H,30,31). The number of rotatable bonds is 9. The lowest BCUT2D eigenvalue weighted by Gasteiger charge is -2.28. The summed E-state index contributed by atoms with van der Waals surface area (Å²) in [5.74, 6) is -3.00. The number of nitrogens with one attached hydrogen (secondary N) is 2. The number of aliphatic hydroxyl groups excluding tert-OH is 1. The number of amides is 3. The van der Waals surface area contributed by atoms with Crippen LogP contribution in [0.1, 0.15) is 32.3 Å². The Morgan fingerprint density at radius 3 is 2.35 bits per heavy atom. The Bertz CT molecular complexity index is 800. The number of benzene rings is 1. The smallest absolute Gasteiger partial charge is 0.326 e. The maximum atomic E-state index is 12.6. The minimum atomic E-state index is -1.32. The Labute approximate surface area is 180 Å². The lowest BCUT2D eigenvalue weighted by Crippen LogP contribution is -2.59. The van der Waals surface area contributed by atoms with Gasteiger partial charge in [0.25, 0.3) is 0 Å². The Kier molecular flexibility index (Phi) is 8.52. The molecule has 31 heavy (non-hydrogen) atoms. The molecule has 1 fully saturated rings. The maximum absolute atomic E-state index is 12.6. The number of aliphatic hydroxyl groups is 1. The third kappa shape index (κ3) is 6.50. The predicted molar refractivity (Wildman–Crippen MR) is 112 cm³/mol. The maximum Gasteiger partial charge on any atom is 0.326 e. The van der Waals surface area contributed by atoms with Crippen molar-refractivity contribution < 1.29 is 29.4 Å². The Balaban J connectivity index is 1.97. The third-order valence-corrected chi connectivity index (χ3v) is 5.25. The van der Waals surface area contributed by atoms with Gasteiger partial charge in [-0.15, -0.1) is 0 Å². The average Bonchev–Trinajstić information content (AvgIpc) is 3.21. The van der Waals surface area contributed by atoms with Crippen molar-refractivity contribution in [2.45, 2.75) is 63.4 Å². The zero-order valence-electron chi connectivity index (χ0n) is 17.7. The van der Waals surface area contributed by atoms with E-state index in [0.717, 1.165) is 5.56 Å². The highest BCUT2D eigenvalue weighted by molar-refractivity contribution is 5.94. The molecule has 1 aliphatic heterocycles. The first kappa shape index (κ1) is 24.3. The van der Waals surface area contributed by atoms with Gasteiger partial charge in [0.2, 0.25) is 17.7 Å². The van der Waals surface area contributed by atoms with E-state index in [-0.39, 0.29) is 6.42 Å². The lowest BCUT2D eigenvalue weighted by atomic mass is 10.0. The number of likely N-dealkylation sites (tertiary alicyclic amines) is 1. The zero-order valence-corrected chi connectivity index (χ0v) is 17.7. The molecule has 5 unspecified atom stereocenters. The molecular formula is C21H30N4O6. The monoisotopic (exact) mass is 434 g/mol. The first-order chi connectivity index (χ1) is 14.6. The van der Waals surface area contributed by atoms with Gasteiger partial charge in [-0.05, 0) is 38.7 Å². The number of nitrogens with zero attached hydrogens (tertiary/aromatic N) is 1. The van der Waals surface area contributed by atoms with E-state index in [9.17, 15) is 29.4 Å². The largest absolute Gasteiger partial charge is 0.480 e. The second kappa shape index (κ2) is 10.9. The first-order valence-electron chi connectivity index (χ1n) is 10.2. The molecule has 6 N–H and O–H groups in total. The molecule has 2 rings (SSSR count). The highest BCUT2D eigenvalue weighted by Gasteiger charge is 2.37. The Morgan fingerprint density at radius 2 is 1.77 bits per heavy atom. The van der Waals surface area contributed by atoms with Gasteiger partial charge in [-0.3, -0.25) is 14.4 Å². The van der Waals surface area contributed by atoms with Crippen molar-refractivity contribution >= 4 is 23.7 Å². The van der Waals surface area contributed by atoms with E-state index < -0.39 is 54.0 Å². The summed E-state index contributed by atoms with van der Waals surface area (Å²) in [5, 5.41) is 24.1. The van der Waals surface area contributed by atoms with Crippen LogP contribution in [-0.2, 0) is 25.6 Å². The first-order valence-corrected chi connectivity index (χ1v) is 10.2. The van der Waals surface area contributed by atoms with E-state index in [1.165, 1.54) is 18.7 Å². The van der Waals surface area contributed by atoms with E-state index >= 15 is 0 Å². The molecule has 170 valence electrons. The predicted octanol–water partition coefficient (Wildman–Crippen LogP) is -0.998. The van der Waals surface area contributed by atoms with Gasteiger partial charge in [-0.2, -0.15) is 0 Å². The molecule has 1 saturated heterocycles. The fourth-order valence-corrected chi connectivity index (χ4v) is 3.53. The van der Waals surface area contributed by atoms with Gasteiger partial charge < -0.3 is 31.5 Å². The Morgan fingerprint density at radius 1 is 1.13 bits per heavy atom. The van der Waals surface area contributed by atoms with Gasteiger partial charge in [-0.25, -0.2) is 4.79 Å². The van der Waals surface area contributed by atoms with Crippen LogP contribution in [0.4, 0.5) is 0 Å². The molecule has 1 aromatic rings. The van der Waals surface area contributed by atoms with Crippen LogP contribution >= 0.6 is 0 Å². The van der Waals surface area contributed by atoms with Crippen LogP contribution in [0.5, 0.6) is 0 Å². The summed E-state index contributed by atoms with van der Waals surface area (Å²) < 4.78 is 0.